The fraction of sp³-hybridized carbons (Fsp3) is 0.591. The summed E-state index contributed by atoms with van der Waals surface area (Å²) in [5.41, 5.74) is 9.64. The Morgan fingerprint density at radius 3 is 2.58 bits per heavy atom. The van der Waals surface area contributed by atoms with Gasteiger partial charge in [0.05, 0.1) is 11.2 Å². The Balaban J connectivity index is 1.97. The summed E-state index contributed by atoms with van der Waals surface area (Å²) >= 11 is 0. The minimum Gasteiger partial charge on any atom is -0.382 e. The number of hydrogen-bond donors (Lipinski definition) is 2. The first-order chi connectivity index (χ1) is 12.3. The molecule has 0 saturated carbocycles. The number of aryl methyl sites for hydroxylation is 1. The second-order valence-electron chi connectivity index (χ2n) is 8.28. The van der Waals surface area contributed by atoms with Gasteiger partial charge in [0.2, 0.25) is 0 Å². The molecular weight excluding hydrogens is 320 g/mol. The first-order valence-electron chi connectivity index (χ1n) is 9.95. The summed E-state index contributed by atoms with van der Waals surface area (Å²) in [7, 11) is 2.21. The fourth-order valence-electron chi connectivity index (χ4n) is 2.95. The SMILES string of the molecule is CCCCNc1cc2cc(CCCCN(C)C(C)(C)C)ccc2nc1N. The van der Waals surface area contributed by atoms with Crippen molar-refractivity contribution in [1.82, 2.24) is 9.88 Å². The maximum absolute atomic E-state index is 6.09. The van der Waals surface area contributed by atoms with E-state index in [-0.39, 0.29) is 5.54 Å². The van der Waals surface area contributed by atoms with E-state index in [1.807, 2.05) is 0 Å². The van der Waals surface area contributed by atoms with Crippen molar-refractivity contribution in [3.8, 4) is 0 Å². The maximum Gasteiger partial charge on any atom is 0.147 e. The van der Waals surface area contributed by atoms with Gasteiger partial charge in [0, 0.05) is 17.5 Å². The molecule has 4 nitrogen and oxygen atoms in total. The van der Waals surface area contributed by atoms with E-state index in [0.29, 0.717) is 5.82 Å². The molecule has 2 aromatic rings. The van der Waals surface area contributed by atoms with Gasteiger partial charge in [0.25, 0.3) is 0 Å². The first-order valence-corrected chi connectivity index (χ1v) is 9.95. The Hall–Kier alpha value is -1.81. The van der Waals surface area contributed by atoms with Crippen LogP contribution in [0.1, 0.15) is 58.9 Å². The van der Waals surface area contributed by atoms with Crippen LogP contribution in [0.15, 0.2) is 24.3 Å². The highest BCUT2D eigenvalue weighted by molar-refractivity contribution is 5.86. The van der Waals surface area contributed by atoms with Crippen molar-refractivity contribution in [2.24, 2.45) is 0 Å². The van der Waals surface area contributed by atoms with Crippen LogP contribution in [0.25, 0.3) is 10.9 Å². The number of rotatable bonds is 9. The molecule has 2 rings (SSSR count). The van der Waals surface area contributed by atoms with Crippen LogP contribution in [0.5, 0.6) is 0 Å². The molecule has 144 valence electrons. The molecule has 0 saturated heterocycles. The van der Waals surface area contributed by atoms with Crippen LogP contribution in [0.3, 0.4) is 0 Å². The monoisotopic (exact) mass is 356 g/mol. The lowest BCUT2D eigenvalue weighted by Crippen LogP contribution is -2.38. The number of benzene rings is 1. The maximum atomic E-state index is 6.09. The third kappa shape index (κ3) is 5.87. The van der Waals surface area contributed by atoms with E-state index in [0.717, 1.165) is 37.1 Å². The number of anilines is 2. The van der Waals surface area contributed by atoms with Gasteiger partial charge in [0.1, 0.15) is 5.82 Å². The van der Waals surface area contributed by atoms with Gasteiger partial charge in [-0.1, -0.05) is 19.4 Å². The standard InChI is InChI=1S/C22H36N4/c1-6-7-13-24-20-16-18-15-17(11-12-19(18)25-21(20)23)10-8-9-14-26(5)22(2,3)4/h11-12,15-16,24H,6-10,13-14H2,1-5H3,(H2,23,25). The van der Waals surface area contributed by atoms with Crippen LogP contribution >= 0.6 is 0 Å². The molecule has 0 radical (unpaired) electrons. The third-order valence-electron chi connectivity index (χ3n) is 5.11. The number of nitrogens with one attached hydrogen (secondary N) is 1. The molecule has 0 spiro atoms. The minimum absolute atomic E-state index is 0.246. The molecule has 0 bridgehead atoms. The van der Waals surface area contributed by atoms with Crippen LogP contribution in [0.4, 0.5) is 11.5 Å². The molecule has 0 aliphatic rings. The van der Waals surface area contributed by atoms with Crippen LogP contribution in [0.2, 0.25) is 0 Å². The lowest BCUT2D eigenvalue weighted by molar-refractivity contribution is 0.173. The van der Waals surface area contributed by atoms with E-state index in [1.54, 1.807) is 0 Å². The number of fused-ring (bicyclic) bond motifs is 1. The van der Waals surface area contributed by atoms with Gasteiger partial charge in [-0.15, -0.1) is 0 Å². The average molecular weight is 357 g/mol. The third-order valence-corrected chi connectivity index (χ3v) is 5.11. The van der Waals surface area contributed by atoms with Gasteiger partial charge in [-0.2, -0.15) is 0 Å². The number of nitrogen functional groups attached to an aromatic ring is 1. The Labute approximate surface area is 159 Å². The van der Waals surface area contributed by atoms with Crippen molar-refractivity contribution in [3.05, 3.63) is 29.8 Å². The molecule has 0 aliphatic carbocycles. The summed E-state index contributed by atoms with van der Waals surface area (Å²) in [5.74, 6) is 0.589. The zero-order valence-electron chi connectivity index (χ0n) is 17.2. The topological polar surface area (TPSA) is 54.2 Å². The Kier molecular flexibility index (Phi) is 7.27. The lowest BCUT2D eigenvalue weighted by Gasteiger charge is -2.31. The highest BCUT2D eigenvalue weighted by Crippen LogP contribution is 2.24. The van der Waals surface area contributed by atoms with Gasteiger partial charge in [-0.05, 0) is 83.8 Å². The summed E-state index contributed by atoms with van der Waals surface area (Å²) in [6.45, 7) is 11.1. The van der Waals surface area contributed by atoms with Gasteiger partial charge in [0.15, 0.2) is 0 Å². The lowest BCUT2D eigenvalue weighted by atomic mass is 10.0. The van der Waals surface area contributed by atoms with E-state index < -0.39 is 0 Å². The smallest absolute Gasteiger partial charge is 0.147 e. The predicted octanol–water partition coefficient (Wildman–Crippen LogP) is 5.08. The molecule has 0 aliphatic heterocycles. The summed E-state index contributed by atoms with van der Waals surface area (Å²) in [6.07, 6.45) is 5.84. The summed E-state index contributed by atoms with van der Waals surface area (Å²) in [4.78, 5) is 6.98. The van der Waals surface area contributed by atoms with E-state index in [9.17, 15) is 0 Å². The van der Waals surface area contributed by atoms with Gasteiger partial charge < -0.3 is 16.0 Å². The molecular formula is C22H36N4. The van der Waals surface area contributed by atoms with Crippen molar-refractivity contribution < 1.29 is 0 Å². The number of hydrogen-bond acceptors (Lipinski definition) is 4. The van der Waals surface area contributed by atoms with Crippen molar-refractivity contribution in [1.29, 1.82) is 0 Å². The summed E-state index contributed by atoms with van der Waals surface area (Å²) < 4.78 is 0. The van der Waals surface area contributed by atoms with Crippen molar-refractivity contribution in [2.45, 2.75) is 65.3 Å². The summed E-state index contributed by atoms with van der Waals surface area (Å²) in [5, 5.41) is 4.58. The molecule has 4 heteroatoms. The summed E-state index contributed by atoms with van der Waals surface area (Å²) in [6, 6.07) is 8.69. The number of nitrogens with two attached hydrogens (primary N) is 1. The minimum atomic E-state index is 0.246. The molecule has 0 atom stereocenters. The second-order valence-corrected chi connectivity index (χ2v) is 8.28. The van der Waals surface area contributed by atoms with Gasteiger partial charge in [-0.3, -0.25) is 0 Å². The first kappa shape index (κ1) is 20.5. The van der Waals surface area contributed by atoms with Crippen molar-refractivity contribution in [3.63, 3.8) is 0 Å². The van der Waals surface area contributed by atoms with Gasteiger partial charge in [-0.25, -0.2) is 4.98 Å². The van der Waals surface area contributed by atoms with E-state index >= 15 is 0 Å². The molecule has 1 aromatic carbocycles. The fourth-order valence-corrected chi connectivity index (χ4v) is 2.95. The van der Waals surface area contributed by atoms with Crippen LogP contribution in [-0.4, -0.2) is 35.6 Å². The highest BCUT2D eigenvalue weighted by Gasteiger charge is 2.15. The number of aromatic nitrogens is 1. The van der Waals surface area contributed by atoms with E-state index in [2.05, 4.69) is 74.2 Å². The Morgan fingerprint density at radius 1 is 1.12 bits per heavy atom. The zero-order chi connectivity index (χ0) is 19.2. The quantitative estimate of drug-likeness (QED) is 0.615. The van der Waals surface area contributed by atoms with E-state index in [4.69, 9.17) is 5.73 Å². The number of pyridine rings is 1. The van der Waals surface area contributed by atoms with E-state index in [1.165, 1.54) is 30.2 Å². The normalized spacial score (nSPS) is 12.1. The van der Waals surface area contributed by atoms with Crippen LogP contribution in [-0.2, 0) is 6.42 Å². The average Bonchev–Trinajstić information content (AvgIpc) is 2.58. The molecule has 0 amide bonds. The molecule has 3 N–H and O–H groups in total. The molecule has 1 aromatic heterocycles. The second kappa shape index (κ2) is 9.22. The molecule has 0 fully saturated rings. The van der Waals surface area contributed by atoms with Crippen LogP contribution in [0, 0.1) is 0 Å². The Morgan fingerprint density at radius 2 is 1.88 bits per heavy atom. The van der Waals surface area contributed by atoms with Crippen molar-refractivity contribution >= 4 is 22.4 Å². The Bertz CT molecular complexity index is 703. The molecule has 26 heavy (non-hydrogen) atoms. The number of unbranched alkanes of at least 4 members (excludes halogenated alkanes) is 2. The highest BCUT2D eigenvalue weighted by atomic mass is 15.1. The predicted molar refractivity (Wildman–Crippen MR) is 115 cm³/mol. The van der Waals surface area contributed by atoms with Crippen LogP contribution < -0.4 is 11.1 Å². The van der Waals surface area contributed by atoms with Crippen molar-refractivity contribution in [2.75, 3.05) is 31.2 Å². The molecule has 0 unspecified atom stereocenters. The zero-order valence-corrected chi connectivity index (χ0v) is 17.2. The largest absolute Gasteiger partial charge is 0.382 e. The van der Waals surface area contributed by atoms with Gasteiger partial charge >= 0.3 is 0 Å². The number of nitrogens with zero attached hydrogens (tertiary/aromatic N) is 2. The molecule has 1 heterocycles.